The number of furan rings is 1. The second kappa shape index (κ2) is 10.1. The number of ether oxygens (including phenoxy) is 1. The molecular weight excluding hydrogens is 378 g/mol. The van der Waals surface area contributed by atoms with Crippen LogP contribution in [0, 0.1) is 6.92 Å². The number of halogens is 2. The summed E-state index contributed by atoms with van der Waals surface area (Å²) in [6, 6.07) is 19.6. The van der Waals surface area contributed by atoms with Gasteiger partial charge in [-0.25, -0.2) is 0 Å². The van der Waals surface area contributed by atoms with E-state index in [1.165, 1.54) is 11.8 Å². The molecule has 1 atom stereocenters. The van der Waals surface area contributed by atoms with Crippen LogP contribution in [0.3, 0.4) is 0 Å². The van der Waals surface area contributed by atoms with Crippen molar-refractivity contribution in [2.75, 3.05) is 0 Å². The van der Waals surface area contributed by atoms with Crippen LogP contribution in [0.1, 0.15) is 23.3 Å². The molecule has 0 radical (unpaired) electrons. The quantitative estimate of drug-likeness (QED) is 0.360. The van der Waals surface area contributed by atoms with Gasteiger partial charge in [0.2, 0.25) is 0 Å². The molecule has 0 amide bonds. The van der Waals surface area contributed by atoms with E-state index in [9.17, 15) is 8.78 Å². The van der Waals surface area contributed by atoms with E-state index in [2.05, 4.69) is 0 Å². The van der Waals surface area contributed by atoms with Crippen LogP contribution in [-0.2, 0) is 13.0 Å². The molecule has 2 aromatic carbocycles. The first-order valence-corrected chi connectivity index (χ1v) is 9.97. The summed E-state index contributed by atoms with van der Waals surface area (Å²) in [6.45, 7) is 2.35. The third-order valence-corrected chi connectivity index (χ3v) is 5.64. The Morgan fingerprint density at radius 2 is 1.79 bits per heavy atom. The molecule has 5 heteroatoms. The Morgan fingerprint density at radius 1 is 1.04 bits per heavy atom. The summed E-state index contributed by atoms with van der Waals surface area (Å²) in [5, 5.41) is -0.310. The van der Waals surface area contributed by atoms with Crippen molar-refractivity contribution in [3.05, 3.63) is 96.0 Å². The molecule has 0 fully saturated rings. The molecule has 0 aliphatic carbocycles. The Kier molecular flexibility index (Phi) is 7.31. The lowest BCUT2D eigenvalue weighted by atomic mass is 10.1. The zero-order valence-corrected chi connectivity index (χ0v) is 16.4. The van der Waals surface area contributed by atoms with Gasteiger partial charge in [0, 0.05) is 10.1 Å². The van der Waals surface area contributed by atoms with E-state index in [0.29, 0.717) is 19.4 Å². The molecule has 28 heavy (non-hydrogen) atoms. The Bertz CT molecular complexity index is 884. The summed E-state index contributed by atoms with van der Waals surface area (Å²) in [7, 11) is 0. The molecule has 0 bridgehead atoms. The fraction of sp³-hybridized carbons (Fsp3) is 0.217. The van der Waals surface area contributed by atoms with Crippen molar-refractivity contribution >= 4 is 11.8 Å². The van der Waals surface area contributed by atoms with Crippen molar-refractivity contribution in [1.82, 2.24) is 0 Å². The van der Waals surface area contributed by atoms with E-state index in [0.717, 1.165) is 33.6 Å². The second-order valence-corrected chi connectivity index (χ2v) is 7.69. The predicted molar refractivity (Wildman–Crippen MR) is 109 cm³/mol. The topological polar surface area (TPSA) is 22.4 Å². The van der Waals surface area contributed by atoms with Crippen LogP contribution in [0.5, 0.6) is 5.75 Å². The van der Waals surface area contributed by atoms with Gasteiger partial charge in [-0.05, 0) is 55.2 Å². The average molecular weight is 400 g/mol. The number of thioether (sulfide) groups is 1. The highest BCUT2D eigenvalue weighted by molar-refractivity contribution is 8.00. The van der Waals surface area contributed by atoms with Crippen LogP contribution in [0.15, 0.2) is 88.4 Å². The van der Waals surface area contributed by atoms with Crippen molar-refractivity contribution in [3.63, 3.8) is 0 Å². The molecule has 146 valence electrons. The lowest BCUT2D eigenvalue weighted by Gasteiger charge is -2.12. The van der Waals surface area contributed by atoms with Gasteiger partial charge < -0.3 is 9.15 Å². The maximum Gasteiger partial charge on any atom is 0.267 e. The van der Waals surface area contributed by atoms with Gasteiger partial charge in [0.25, 0.3) is 6.08 Å². The standard InChI is InChI=1S/C23H22F2O2S/c1-17-22(13-14-26-17)28-21(15-23(24)25)12-9-18-7-10-20(11-8-18)27-16-19-5-3-2-4-6-19/h2-8,10-11,13-15,21H,9,12,16H2,1H3/t21-/m1/s1. The Labute approximate surface area is 168 Å². The van der Waals surface area contributed by atoms with Crippen LogP contribution in [0.25, 0.3) is 0 Å². The van der Waals surface area contributed by atoms with Gasteiger partial charge in [-0.2, -0.15) is 8.78 Å². The van der Waals surface area contributed by atoms with E-state index < -0.39 is 6.08 Å². The van der Waals surface area contributed by atoms with Gasteiger partial charge in [-0.15, -0.1) is 11.8 Å². The maximum absolute atomic E-state index is 12.8. The smallest absolute Gasteiger partial charge is 0.267 e. The summed E-state index contributed by atoms with van der Waals surface area (Å²) in [5.41, 5.74) is 2.20. The van der Waals surface area contributed by atoms with E-state index in [4.69, 9.17) is 9.15 Å². The number of hydrogen-bond acceptors (Lipinski definition) is 3. The minimum atomic E-state index is -1.65. The molecule has 0 spiro atoms. The van der Waals surface area contributed by atoms with Crippen molar-refractivity contribution in [2.45, 2.75) is 36.5 Å². The molecular formula is C23H22F2O2S. The molecule has 2 nitrogen and oxygen atoms in total. The molecule has 0 aliphatic rings. The van der Waals surface area contributed by atoms with E-state index >= 15 is 0 Å². The highest BCUT2D eigenvalue weighted by Gasteiger charge is 2.13. The van der Waals surface area contributed by atoms with Crippen molar-refractivity contribution in [1.29, 1.82) is 0 Å². The highest BCUT2D eigenvalue weighted by atomic mass is 32.2. The van der Waals surface area contributed by atoms with Gasteiger partial charge in [0.05, 0.1) is 6.26 Å². The molecule has 3 aromatic rings. The Balaban J connectivity index is 1.54. The van der Waals surface area contributed by atoms with Crippen molar-refractivity contribution in [3.8, 4) is 5.75 Å². The fourth-order valence-electron chi connectivity index (χ4n) is 2.78. The lowest BCUT2D eigenvalue weighted by Crippen LogP contribution is -2.02. The minimum absolute atomic E-state index is 0.310. The zero-order chi connectivity index (χ0) is 19.8. The molecule has 0 aliphatic heterocycles. The first-order valence-electron chi connectivity index (χ1n) is 9.09. The second-order valence-electron chi connectivity index (χ2n) is 6.41. The predicted octanol–water partition coefficient (Wildman–Crippen LogP) is 7.04. The molecule has 0 unspecified atom stereocenters. The molecule has 3 rings (SSSR count). The van der Waals surface area contributed by atoms with E-state index in [1.807, 2.05) is 67.6 Å². The fourth-order valence-corrected chi connectivity index (χ4v) is 3.86. The minimum Gasteiger partial charge on any atom is -0.489 e. The number of rotatable bonds is 9. The molecule has 0 saturated heterocycles. The van der Waals surface area contributed by atoms with Gasteiger partial charge in [-0.1, -0.05) is 42.5 Å². The van der Waals surface area contributed by atoms with Crippen molar-refractivity contribution < 1.29 is 17.9 Å². The zero-order valence-electron chi connectivity index (χ0n) is 15.6. The normalized spacial score (nSPS) is 11.8. The van der Waals surface area contributed by atoms with Crippen LogP contribution in [0.4, 0.5) is 8.78 Å². The number of aryl methyl sites for hydroxylation is 2. The summed E-state index contributed by atoms with van der Waals surface area (Å²) < 4.78 is 36.7. The maximum atomic E-state index is 12.8. The van der Waals surface area contributed by atoms with Crippen LogP contribution in [0.2, 0.25) is 0 Å². The van der Waals surface area contributed by atoms with Crippen LogP contribution < -0.4 is 4.74 Å². The molecule has 1 heterocycles. The lowest BCUT2D eigenvalue weighted by molar-refractivity contribution is 0.306. The summed E-state index contributed by atoms with van der Waals surface area (Å²) in [4.78, 5) is 0.896. The third-order valence-electron chi connectivity index (χ3n) is 4.29. The van der Waals surface area contributed by atoms with Gasteiger partial charge in [0.15, 0.2) is 0 Å². The molecule has 1 aromatic heterocycles. The Hall–Kier alpha value is -2.53. The first-order chi connectivity index (χ1) is 13.6. The Morgan fingerprint density at radius 3 is 2.43 bits per heavy atom. The third kappa shape index (κ3) is 6.27. The average Bonchev–Trinajstić information content (AvgIpc) is 3.10. The largest absolute Gasteiger partial charge is 0.489 e. The van der Waals surface area contributed by atoms with Crippen LogP contribution >= 0.6 is 11.8 Å². The van der Waals surface area contributed by atoms with Gasteiger partial charge >= 0.3 is 0 Å². The highest BCUT2D eigenvalue weighted by Crippen LogP contribution is 2.31. The monoisotopic (exact) mass is 400 g/mol. The summed E-state index contributed by atoms with van der Waals surface area (Å²) in [5.74, 6) is 1.55. The number of hydrogen-bond donors (Lipinski definition) is 0. The summed E-state index contributed by atoms with van der Waals surface area (Å²) >= 11 is 1.40. The SMILES string of the molecule is Cc1occc1S[C@@H](C=C(F)F)CCc1ccc(OCc2ccccc2)cc1. The molecule has 0 saturated carbocycles. The van der Waals surface area contributed by atoms with Crippen molar-refractivity contribution in [2.24, 2.45) is 0 Å². The van der Waals surface area contributed by atoms with E-state index in [-0.39, 0.29) is 5.25 Å². The van der Waals surface area contributed by atoms with E-state index in [1.54, 1.807) is 6.26 Å². The molecule has 0 N–H and O–H groups in total. The van der Waals surface area contributed by atoms with Gasteiger partial charge in [0.1, 0.15) is 18.1 Å². The van der Waals surface area contributed by atoms with Gasteiger partial charge in [-0.3, -0.25) is 0 Å². The van der Waals surface area contributed by atoms with Crippen LogP contribution in [-0.4, -0.2) is 5.25 Å². The first kappa shape index (κ1) is 20.2. The number of benzene rings is 2. The summed E-state index contributed by atoms with van der Waals surface area (Å²) in [6.07, 6.45) is 2.27.